The lowest BCUT2D eigenvalue weighted by atomic mass is 9.99. The Morgan fingerprint density at radius 2 is 1.95 bits per heavy atom. The zero-order valence-electron chi connectivity index (χ0n) is 12.6. The average molecular weight is 317 g/mol. The van der Waals surface area contributed by atoms with Gasteiger partial charge in [-0.2, -0.15) is 0 Å². The molecule has 2 nitrogen and oxygen atoms in total. The largest absolute Gasteiger partial charge is 0.382 e. The van der Waals surface area contributed by atoms with Gasteiger partial charge >= 0.3 is 0 Å². The van der Waals surface area contributed by atoms with Crippen molar-refractivity contribution >= 4 is 23.0 Å². The van der Waals surface area contributed by atoms with Gasteiger partial charge in [-0.25, -0.2) is 4.39 Å². The number of rotatable bonds is 2. The summed E-state index contributed by atoms with van der Waals surface area (Å²) in [5, 5.41) is 4.03. The van der Waals surface area contributed by atoms with E-state index in [-0.39, 0.29) is 11.9 Å². The highest BCUT2D eigenvalue weighted by Crippen LogP contribution is 2.28. The first-order chi connectivity index (χ1) is 10.6. The molecule has 1 aliphatic rings. The third-order valence-corrected chi connectivity index (χ3v) is 4.17. The number of halogens is 2. The summed E-state index contributed by atoms with van der Waals surface area (Å²) >= 11 is 6.14. The highest BCUT2D eigenvalue weighted by atomic mass is 35.5. The number of nitrogens with one attached hydrogen (secondary N) is 1. The van der Waals surface area contributed by atoms with Crippen LogP contribution >= 0.6 is 11.6 Å². The Hall–Kier alpha value is -1.87. The summed E-state index contributed by atoms with van der Waals surface area (Å²) in [6.07, 6.45) is 0. The van der Waals surface area contributed by atoms with Gasteiger partial charge in [0, 0.05) is 28.4 Å². The van der Waals surface area contributed by atoms with Crippen LogP contribution < -0.4 is 5.32 Å². The maximum absolute atomic E-state index is 14.3. The number of anilines is 1. The SMILES string of the molecule is CC(C)[C@H]1CNc2ccc(Cl)cc2C(c2ccccc2F)=N1. The Labute approximate surface area is 135 Å². The first kappa shape index (κ1) is 15.0. The molecule has 2 aromatic carbocycles. The van der Waals surface area contributed by atoms with Crippen LogP contribution in [0.5, 0.6) is 0 Å². The van der Waals surface area contributed by atoms with Gasteiger partial charge in [-0.1, -0.05) is 37.6 Å². The predicted octanol–water partition coefficient (Wildman–Crippen LogP) is 4.77. The molecule has 22 heavy (non-hydrogen) atoms. The van der Waals surface area contributed by atoms with Gasteiger partial charge in [0.25, 0.3) is 0 Å². The van der Waals surface area contributed by atoms with E-state index in [1.807, 2.05) is 24.3 Å². The Morgan fingerprint density at radius 3 is 2.68 bits per heavy atom. The summed E-state index contributed by atoms with van der Waals surface area (Å²) in [6, 6.07) is 12.4. The molecule has 0 saturated heterocycles. The summed E-state index contributed by atoms with van der Waals surface area (Å²) in [5.74, 6) is 0.0932. The van der Waals surface area contributed by atoms with Crippen molar-refractivity contribution in [2.24, 2.45) is 10.9 Å². The molecule has 0 amide bonds. The van der Waals surface area contributed by atoms with Gasteiger partial charge in [0.05, 0.1) is 11.8 Å². The van der Waals surface area contributed by atoms with E-state index in [0.29, 0.717) is 22.2 Å². The number of fused-ring (bicyclic) bond motifs is 1. The minimum Gasteiger partial charge on any atom is -0.382 e. The van der Waals surface area contributed by atoms with Crippen molar-refractivity contribution in [2.75, 3.05) is 11.9 Å². The second kappa shape index (κ2) is 6.09. The second-order valence-corrected chi connectivity index (χ2v) is 6.28. The Bertz CT molecular complexity index is 725. The van der Waals surface area contributed by atoms with Crippen LogP contribution in [0.1, 0.15) is 25.0 Å². The Morgan fingerprint density at radius 1 is 1.18 bits per heavy atom. The molecule has 114 valence electrons. The highest BCUT2D eigenvalue weighted by Gasteiger charge is 2.23. The molecular weight excluding hydrogens is 299 g/mol. The number of hydrogen-bond acceptors (Lipinski definition) is 2. The molecule has 1 N–H and O–H groups in total. The summed E-state index contributed by atoms with van der Waals surface area (Å²) in [5.41, 5.74) is 2.97. The highest BCUT2D eigenvalue weighted by molar-refractivity contribution is 6.31. The van der Waals surface area contributed by atoms with Crippen LogP contribution in [0.3, 0.4) is 0 Å². The van der Waals surface area contributed by atoms with Gasteiger partial charge in [0.15, 0.2) is 0 Å². The van der Waals surface area contributed by atoms with Gasteiger partial charge in [0.1, 0.15) is 5.82 Å². The van der Waals surface area contributed by atoms with E-state index in [1.54, 1.807) is 12.1 Å². The van der Waals surface area contributed by atoms with Crippen molar-refractivity contribution in [1.29, 1.82) is 0 Å². The van der Waals surface area contributed by atoms with E-state index < -0.39 is 0 Å². The van der Waals surface area contributed by atoms with Crippen LogP contribution in [0.2, 0.25) is 5.02 Å². The summed E-state index contributed by atoms with van der Waals surface area (Å²) in [4.78, 5) is 4.84. The molecule has 1 heterocycles. The van der Waals surface area contributed by atoms with E-state index in [0.717, 1.165) is 17.8 Å². The number of hydrogen-bond donors (Lipinski definition) is 1. The third-order valence-electron chi connectivity index (χ3n) is 3.93. The van der Waals surface area contributed by atoms with Crippen molar-refractivity contribution < 1.29 is 4.39 Å². The summed E-state index contributed by atoms with van der Waals surface area (Å²) < 4.78 is 14.3. The molecule has 1 atom stereocenters. The van der Waals surface area contributed by atoms with Gasteiger partial charge in [-0.15, -0.1) is 0 Å². The monoisotopic (exact) mass is 316 g/mol. The molecule has 0 unspecified atom stereocenters. The molecule has 0 spiro atoms. The van der Waals surface area contributed by atoms with E-state index in [9.17, 15) is 4.39 Å². The number of benzene rings is 2. The summed E-state index contributed by atoms with van der Waals surface area (Å²) in [7, 11) is 0. The lowest BCUT2D eigenvalue weighted by Crippen LogP contribution is -2.23. The van der Waals surface area contributed by atoms with Crippen molar-refractivity contribution in [3.05, 3.63) is 64.4 Å². The van der Waals surface area contributed by atoms with Crippen molar-refractivity contribution in [2.45, 2.75) is 19.9 Å². The fraction of sp³-hybridized carbons (Fsp3) is 0.278. The second-order valence-electron chi connectivity index (χ2n) is 5.84. The molecule has 0 aromatic heterocycles. The lowest BCUT2D eigenvalue weighted by Gasteiger charge is -2.16. The zero-order valence-corrected chi connectivity index (χ0v) is 13.4. The molecular formula is C18H18ClFN2. The number of nitrogens with zero attached hydrogens (tertiary/aromatic N) is 1. The third kappa shape index (κ3) is 2.86. The molecule has 0 fully saturated rings. The van der Waals surface area contributed by atoms with Gasteiger partial charge < -0.3 is 5.32 Å². The molecule has 1 aliphatic heterocycles. The van der Waals surface area contributed by atoms with Gasteiger partial charge in [-0.3, -0.25) is 4.99 Å². The Kier molecular flexibility index (Phi) is 4.16. The fourth-order valence-corrected chi connectivity index (χ4v) is 2.79. The van der Waals surface area contributed by atoms with Crippen molar-refractivity contribution in [3.63, 3.8) is 0 Å². The quantitative estimate of drug-likeness (QED) is 0.848. The number of aliphatic imine (C=N–C) groups is 1. The van der Waals surface area contributed by atoms with Crippen molar-refractivity contribution in [1.82, 2.24) is 0 Å². The van der Waals surface area contributed by atoms with Gasteiger partial charge in [-0.05, 0) is 36.2 Å². The van der Waals surface area contributed by atoms with Crippen LogP contribution in [0.4, 0.5) is 10.1 Å². The summed E-state index contributed by atoms with van der Waals surface area (Å²) in [6.45, 7) is 4.97. The first-order valence-electron chi connectivity index (χ1n) is 7.42. The normalized spacial score (nSPS) is 17.5. The molecule has 2 aromatic rings. The van der Waals surface area contributed by atoms with Crippen LogP contribution in [0.25, 0.3) is 0 Å². The minimum absolute atomic E-state index is 0.0841. The predicted molar refractivity (Wildman–Crippen MR) is 90.6 cm³/mol. The van der Waals surface area contributed by atoms with Crippen LogP contribution in [0, 0.1) is 11.7 Å². The van der Waals surface area contributed by atoms with Crippen molar-refractivity contribution in [3.8, 4) is 0 Å². The standard InChI is InChI=1S/C18H18ClFN2/c1-11(2)17-10-21-16-8-7-12(19)9-14(16)18(22-17)13-5-3-4-6-15(13)20/h3-9,11,17,21H,10H2,1-2H3/t17-/m1/s1. The van der Waals surface area contributed by atoms with Crippen LogP contribution in [-0.4, -0.2) is 18.3 Å². The van der Waals surface area contributed by atoms with E-state index in [2.05, 4.69) is 19.2 Å². The molecule has 0 saturated carbocycles. The lowest BCUT2D eigenvalue weighted by molar-refractivity contribution is 0.515. The van der Waals surface area contributed by atoms with Crippen LogP contribution in [0.15, 0.2) is 47.5 Å². The first-order valence-corrected chi connectivity index (χ1v) is 7.80. The Balaban J connectivity index is 2.21. The van der Waals surface area contributed by atoms with E-state index >= 15 is 0 Å². The van der Waals surface area contributed by atoms with Crippen LogP contribution in [-0.2, 0) is 0 Å². The molecule has 0 bridgehead atoms. The topological polar surface area (TPSA) is 24.4 Å². The number of benzodiazepines with no additional fused rings is 1. The van der Waals surface area contributed by atoms with E-state index in [4.69, 9.17) is 16.6 Å². The smallest absolute Gasteiger partial charge is 0.132 e. The fourth-order valence-electron chi connectivity index (χ4n) is 2.61. The van der Waals surface area contributed by atoms with E-state index in [1.165, 1.54) is 6.07 Å². The molecule has 0 radical (unpaired) electrons. The molecule has 4 heteroatoms. The minimum atomic E-state index is -0.267. The molecule has 0 aliphatic carbocycles. The maximum atomic E-state index is 14.3. The van der Waals surface area contributed by atoms with Gasteiger partial charge in [0.2, 0.25) is 0 Å². The average Bonchev–Trinajstić information content (AvgIpc) is 2.67. The zero-order chi connectivity index (χ0) is 15.7. The maximum Gasteiger partial charge on any atom is 0.132 e. The molecule has 3 rings (SSSR count).